The van der Waals surface area contributed by atoms with Crippen LogP contribution in [0.4, 0.5) is 24.8 Å². The van der Waals surface area contributed by atoms with Crippen LogP contribution in [0.15, 0.2) is 30.5 Å². The first kappa shape index (κ1) is 19.5. The van der Waals surface area contributed by atoms with Crippen LogP contribution in [0.25, 0.3) is 0 Å². The highest BCUT2D eigenvalue weighted by Gasteiger charge is 2.36. The fourth-order valence-electron chi connectivity index (χ4n) is 2.15. The second kappa shape index (κ2) is 8.49. The summed E-state index contributed by atoms with van der Waals surface area (Å²) in [6, 6.07) is 6.60. The van der Waals surface area contributed by atoms with Gasteiger partial charge in [0, 0.05) is 29.0 Å². The highest BCUT2D eigenvalue weighted by Crippen LogP contribution is 2.31. The lowest BCUT2D eigenvalue weighted by Crippen LogP contribution is -2.21. The average molecular weight is 373 g/mol. The van der Waals surface area contributed by atoms with E-state index in [0.29, 0.717) is 23.2 Å². The molecule has 1 aromatic heterocycles. The summed E-state index contributed by atoms with van der Waals surface area (Å²) in [6.07, 6.45) is -2.47. The molecule has 0 aliphatic carbocycles. The summed E-state index contributed by atoms with van der Waals surface area (Å²) in [5.74, 6) is 0.357. The van der Waals surface area contributed by atoms with Gasteiger partial charge in [-0.15, -0.1) is 0 Å². The molecule has 0 radical (unpaired) electrons. The van der Waals surface area contributed by atoms with Gasteiger partial charge in [-0.2, -0.15) is 13.2 Å². The van der Waals surface area contributed by atoms with Crippen molar-refractivity contribution in [1.82, 2.24) is 15.3 Å². The Morgan fingerprint density at radius 2 is 2.00 bits per heavy atom. The van der Waals surface area contributed by atoms with E-state index in [1.54, 1.807) is 24.3 Å². The predicted octanol–water partition coefficient (Wildman–Crippen LogP) is 5.03. The van der Waals surface area contributed by atoms with Crippen LogP contribution in [0.5, 0.6) is 0 Å². The molecule has 25 heavy (non-hydrogen) atoms. The molecule has 0 aliphatic rings. The summed E-state index contributed by atoms with van der Waals surface area (Å²) >= 11 is 5.86. The lowest BCUT2D eigenvalue weighted by Gasteiger charge is -2.14. The van der Waals surface area contributed by atoms with Crippen LogP contribution in [0, 0.1) is 5.92 Å². The molecule has 2 rings (SSSR count). The molecule has 1 heterocycles. The minimum atomic E-state index is -4.55. The Kier molecular flexibility index (Phi) is 6.61. The number of hydrogen-bond donors (Lipinski definition) is 2. The van der Waals surface area contributed by atoms with Crippen molar-refractivity contribution in [2.75, 3.05) is 11.9 Å². The molecule has 0 bridgehead atoms. The highest BCUT2D eigenvalue weighted by atomic mass is 35.5. The molecule has 0 saturated carbocycles. The number of anilines is 2. The molecule has 0 unspecified atom stereocenters. The van der Waals surface area contributed by atoms with E-state index in [1.807, 2.05) is 0 Å². The fraction of sp³-hybridized carbons (Fsp3) is 0.412. The topological polar surface area (TPSA) is 49.8 Å². The van der Waals surface area contributed by atoms with E-state index in [-0.39, 0.29) is 18.1 Å². The van der Waals surface area contributed by atoms with Crippen molar-refractivity contribution in [2.45, 2.75) is 33.0 Å². The van der Waals surface area contributed by atoms with Gasteiger partial charge in [0.1, 0.15) is 0 Å². The number of aromatic nitrogens is 2. The lowest BCUT2D eigenvalue weighted by atomic mass is 10.1. The summed E-state index contributed by atoms with van der Waals surface area (Å²) in [5.41, 5.74) is -0.402. The number of nitrogens with one attached hydrogen (secondary N) is 2. The highest BCUT2D eigenvalue weighted by molar-refractivity contribution is 6.30. The lowest BCUT2D eigenvalue weighted by molar-refractivity contribution is -0.141. The maximum atomic E-state index is 13.3. The van der Waals surface area contributed by atoms with Gasteiger partial charge in [-0.3, -0.25) is 0 Å². The van der Waals surface area contributed by atoms with Gasteiger partial charge in [0.25, 0.3) is 0 Å². The molecule has 0 amide bonds. The maximum Gasteiger partial charge on any atom is 0.433 e. The first-order valence-electron chi connectivity index (χ1n) is 7.92. The standard InChI is InChI=1S/C17H20ClF3N4/c1-11(2)6-7-22-9-12-10-23-16(25-15(12)17(19,20)21)24-14-5-3-4-13(18)8-14/h3-5,8,10-11,22H,6-7,9H2,1-2H3,(H,23,24,25). The number of halogens is 4. The first-order chi connectivity index (χ1) is 11.8. The second-order valence-electron chi connectivity index (χ2n) is 6.06. The van der Waals surface area contributed by atoms with E-state index in [4.69, 9.17) is 11.6 Å². The quantitative estimate of drug-likeness (QED) is 0.669. The van der Waals surface area contributed by atoms with E-state index >= 15 is 0 Å². The predicted molar refractivity (Wildman–Crippen MR) is 92.9 cm³/mol. The summed E-state index contributed by atoms with van der Waals surface area (Å²) < 4.78 is 39.9. The van der Waals surface area contributed by atoms with E-state index in [0.717, 1.165) is 6.42 Å². The van der Waals surface area contributed by atoms with Gasteiger partial charge in [0.15, 0.2) is 5.69 Å². The van der Waals surface area contributed by atoms with Gasteiger partial charge < -0.3 is 10.6 Å². The average Bonchev–Trinajstić information content (AvgIpc) is 2.51. The normalized spacial score (nSPS) is 11.8. The number of alkyl halides is 3. The second-order valence-corrected chi connectivity index (χ2v) is 6.50. The minimum absolute atomic E-state index is 0.0212. The van der Waals surface area contributed by atoms with Crippen molar-refractivity contribution >= 4 is 23.2 Å². The van der Waals surface area contributed by atoms with Crippen molar-refractivity contribution in [3.63, 3.8) is 0 Å². The Bertz CT molecular complexity index is 705. The van der Waals surface area contributed by atoms with Crippen molar-refractivity contribution < 1.29 is 13.2 Å². The summed E-state index contributed by atoms with van der Waals surface area (Å²) in [5, 5.41) is 6.21. The monoisotopic (exact) mass is 372 g/mol. The minimum Gasteiger partial charge on any atom is -0.324 e. The Hall–Kier alpha value is -1.86. The van der Waals surface area contributed by atoms with Crippen LogP contribution in [-0.2, 0) is 12.7 Å². The summed E-state index contributed by atoms with van der Waals surface area (Å²) in [4.78, 5) is 7.64. The van der Waals surface area contributed by atoms with E-state index in [2.05, 4.69) is 34.4 Å². The zero-order chi connectivity index (χ0) is 18.4. The summed E-state index contributed by atoms with van der Waals surface area (Å²) in [7, 11) is 0. The molecule has 2 aromatic rings. The number of rotatable bonds is 7. The van der Waals surface area contributed by atoms with Crippen LogP contribution >= 0.6 is 11.6 Å². The van der Waals surface area contributed by atoms with Crippen molar-refractivity contribution in [2.24, 2.45) is 5.92 Å². The first-order valence-corrected chi connectivity index (χ1v) is 8.30. The Labute approximate surface area is 149 Å². The third kappa shape index (κ3) is 6.17. The molecular formula is C17H20ClF3N4. The fourth-order valence-corrected chi connectivity index (χ4v) is 2.34. The smallest absolute Gasteiger partial charge is 0.324 e. The molecule has 0 saturated heterocycles. The van der Waals surface area contributed by atoms with Gasteiger partial charge in [0.2, 0.25) is 5.95 Å². The molecule has 0 aliphatic heterocycles. The molecule has 2 N–H and O–H groups in total. The molecule has 0 atom stereocenters. The van der Waals surface area contributed by atoms with Gasteiger partial charge in [-0.05, 0) is 37.1 Å². The molecule has 0 spiro atoms. The maximum absolute atomic E-state index is 13.3. The van der Waals surface area contributed by atoms with Gasteiger partial charge in [-0.1, -0.05) is 31.5 Å². The largest absolute Gasteiger partial charge is 0.433 e. The third-order valence-electron chi connectivity index (χ3n) is 3.43. The van der Waals surface area contributed by atoms with Crippen molar-refractivity contribution in [3.8, 4) is 0 Å². The van der Waals surface area contributed by atoms with Gasteiger partial charge >= 0.3 is 6.18 Å². The third-order valence-corrected chi connectivity index (χ3v) is 3.66. The zero-order valence-corrected chi connectivity index (χ0v) is 14.7. The number of hydrogen-bond acceptors (Lipinski definition) is 4. The van der Waals surface area contributed by atoms with E-state index < -0.39 is 11.9 Å². The van der Waals surface area contributed by atoms with Crippen LogP contribution < -0.4 is 10.6 Å². The van der Waals surface area contributed by atoms with Gasteiger partial charge in [0.05, 0.1) is 0 Å². The van der Waals surface area contributed by atoms with Gasteiger partial charge in [-0.25, -0.2) is 9.97 Å². The van der Waals surface area contributed by atoms with Crippen LogP contribution in [0.1, 0.15) is 31.5 Å². The van der Waals surface area contributed by atoms with E-state index in [1.165, 1.54) is 6.20 Å². The van der Waals surface area contributed by atoms with Crippen LogP contribution in [0.2, 0.25) is 5.02 Å². The molecular weight excluding hydrogens is 353 g/mol. The molecule has 136 valence electrons. The molecule has 8 heteroatoms. The Morgan fingerprint density at radius 1 is 1.24 bits per heavy atom. The number of benzene rings is 1. The SMILES string of the molecule is CC(C)CCNCc1cnc(Nc2cccc(Cl)c2)nc1C(F)(F)F. The Balaban J connectivity index is 2.16. The molecule has 1 aromatic carbocycles. The van der Waals surface area contributed by atoms with Crippen molar-refractivity contribution in [3.05, 3.63) is 46.7 Å². The number of nitrogens with zero attached hydrogens (tertiary/aromatic N) is 2. The summed E-state index contributed by atoms with van der Waals surface area (Å²) in [6.45, 7) is 4.82. The van der Waals surface area contributed by atoms with Crippen LogP contribution in [-0.4, -0.2) is 16.5 Å². The Morgan fingerprint density at radius 3 is 2.64 bits per heavy atom. The van der Waals surface area contributed by atoms with Crippen LogP contribution in [0.3, 0.4) is 0 Å². The van der Waals surface area contributed by atoms with Crippen molar-refractivity contribution in [1.29, 1.82) is 0 Å². The molecule has 4 nitrogen and oxygen atoms in total. The zero-order valence-electron chi connectivity index (χ0n) is 14.0. The molecule has 0 fully saturated rings. The van der Waals surface area contributed by atoms with E-state index in [9.17, 15) is 13.2 Å².